The zero-order chi connectivity index (χ0) is 15.4. The molecule has 110 valence electrons. The first kappa shape index (κ1) is 14.1. The van der Waals surface area contributed by atoms with Crippen LogP contribution in [0.2, 0.25) is 0 Å². The smallest absolute Gasteiger partial charge is 0.420 e. The predicted molar refractivity (Wildman–Crippen MR) is 84.4 cm³/mol. The molecule has 4 heteroatoms. The first-order valence-corrected chi connectivity index (χ1v) is 7.06. The van der Waals surface area contributed by atoms with Crippen LogP contribution in [0.3, 0.4) is 0 Å². The second-order valence-electron chi connectivity index (χ2n) is 4.98. The molecule has 3 rings (SSSR count). The summed E-state index contributed by atoms with van der Waals surface area (Å²) in [4.78, 5) is 16.7. The highest BCUT2D eigenvalue weighted by Crippen LogP contribution is 2.19. The van der Waals surface area contributed by atoms with Gasteiger partial charge < -0.3 is 4.74 Å². The van der Waals surface area contributed by atoms with E-state index in [0.717, 1.165) is 16.8 Å². The van der Waals surface area contributed by atoms with Gasteiger partial charge in [-0.25, -0.2) is 14.3 Å². The summed E-state index contributed by atoms with van der Waals surface area (Å²) in [6.45, 7) is 2.10. The summed E-state index contributed by atoms with van der Waals surface area (Å²) in [5.41, 5.74) is 2.61. The molecule has 1 heterocycles. The van der Waals surface area contributed by atoms with Crippen molar-refractivity contribution in [2.75, 3.05) is 0 Å². The highest BCUT2D eigenvalue weighted by atomic mass is 16.5. The zero-order valence-electron chi connectivity index (χ0n) is 12.3. The number of nitrogens with zero attached hydrogens (tertiary/aromatic N) is 2. The molecule has 0 aliphatic rings. The van der Waals surface area contributed by atoms with Crippen molar-refractivity contribution in [1.29, 1.82) is 0 Å². The SMILES string of the molecule is Cc1cn(C(=O)OCc2ccccc2)c(-c2ccccc2)n1. The second kappa shape index (κ2) is 6.26. The lowest BCUT2D eigenvalue weighted by Crippen LogP contribution is -2.14. The van der Waals surface area contributed by atoms with Gasteiger partial charge in [0.2, 0.25) is 0 Å². The number of ether oxygens (including phenoxy) is 1. The van der Waals surface area contributed by atoms with Gasteiger partial charge in [-0.05, 0) is 12.5 Å². The fourth-order valence-electron chi connectivity index (χ4n) is 2.22. The van der Waals surface area contributed by atoms with Gasteiger partial charge in [0.15, 0.2) is 0 Å². The van der Waals surface area contributed by atoms with Crippen molar-refractivity contribution in [3.8, 4) is 11.4 Å². The quantitative estimate of drug-likeness (QED) is 0.731. The summed E-state index contributed by atoms with van der Waals surface area (Å²) in [7, 11) is 0. The lowest BCUT2D eigenvalue weighted by Gasteiger charge is -2.08. The maximum atomic E-state index is 12.3. The summed E-state index contributed by atoms with van der Waals surface area (Å²) in [5, 5.41) is 0. The summed E-state index contributed by atoms with van der Waals surface area (Å²) in [5.74, 6) is 0.594. The Labute approximate surface area is 129 Å². The van der Waals surface area contributed by atoms with E-state index in [2.05, 4.69) is 4.98 Å². The first-order chi connectivity index (χ1) is 10.7. The molecular weight excluding hydrogens is 276 g/mol. The van der Waals surface area contributed by atoms with E-state index in [1.807, 2.05) is 67.6 Å². The molecule has 0 bridgehead atoms. The van der Waals surface area contributed by atoms with Gasteiger partial charge in [-0.2, -0.15) is 0 Å². The topological polar surface area (TPSA) is 44.1 Å². The molecule has 4 nitrogen and oxygen atoms in total. The Bertz CT molecular complexity index is 764. The van der Waals surface area contributed by atoms with Crippen LogP contribution in [-0.4, -0.2) is 15.6 Å². The van der Waals surface area contributed by atoms with Crippen LogP contribution >= 0.6 is 0 Å². The van der Waals surface area contributed by atoms with Crippen LogP contribution in [0.4, 0.5) is 4.79 Å². The lowest BCUT2D eigenvalue weighted by molar-refractivity contribution is 0.141. The second-order valence-corrected chi connectivity index (χ2v) is 4.98. The molecular formula is C18H16N2O2. The monoisotopic (exact) mass is 292 g/mol. The van der Waals surface area contributed by atoms with Gasteiger partial charge >= 0.3 is 6.09 Å². The van der Waals surface area contributed by atoms with Crippen molar-refractivity contribution in [2.24, 2.45) is 0 Å². The highest BCUT2D eigenvalue weighted by molar-refractivity contribution is 5.77. The Hall–Kier alpha value is -2.88. The minimum atomic E-state index is -0.427. The third-order valence-corrected chi connectivity index (χ3v) is 3.26. The molecule has 0 spiro atoms. The Kier molecular flexibility index (Phi) is 4.01. The number of hydrogen-bond donors (Lipinski definition) is 0. The van der Waals surface area contributed by atoms with Gasteiger partial charge in [0.1, 0.15) is 12.4 Å². The molecule has 2 aromatic carbocycles. The predicted octanol–water partition coefficient (Wildman–Crippen LogP) is 4.04. The average Bonchev–Trinajstić information content (AvgIpc) is 2.96. The fraction of sp³-hybridized carbons (Fsp3) is 0.111. The normalized spacial score (nSPS) is 10.4. The van der Waals surface area contributed by atoms with E-state index >= 15 is 0 Å². The number of hydrogen-bond acceptors (Lipinski definition) is 3. The highest BCUT2D eigenvalue weighted by Gasteiger charge is 2.15. The molecule has 0 aliphatic carbocycles. The van der Waals surface area contributed by atoms with Crippen molar-refractivity contribution in [3.05, 3.63) is 78.1 Å². The van der Waals surface area contributed by atoms with Crippen molar-refractivity contribution in [1.82, 2.24) is 9.55 Å². The Morgan fingerprint density at radius 3 is 2.36 bits per heavy atom. The molecule has 0 N–H and O–H groups in total. The van der Waals surface area contributed by atoms with Crippen LogP contribution in [0.1, 0.15) is 11.3 Å². The standard InChI is InChI=1S/C18H16N2O2/c1-14-12-20(17(19-14)16-10-6-3-7-11-16)18(21)22-13-15-8-4-2-5-9-15/h2-12H,13H2,1H3. The van der Waals surface area contributed by atoms with Crippen molar-refractivity contribution in [3.63, 3.8) is 0 Å². The minimum absolute atomic E-state index is 0.241. The van der Waals surface area contributed by atoms with Gasteiger partial charge in [0, 0.05) is 11.8 Å². The Morgan fingerprint density at radius 2 is 1.68 bits per heavy atom. The van der Waals surface area contributed by atoms with Gasteiger partial charge in [-0.15, -0.1) is 0 Å². The van der Waals surface area contributed by atoms with E-state index in [4.69, 9.17) is 4.74 Å². The summed E-state index contributed by atoms with van der Waals surface area (Å²) >= 11 is 0. The van der Waals surface area contributed by atoms with Crippen LogP contribution in [-0.2, 0) is 11.3 Å². The molecule has 0 fully saturated rings. The maximum absolute atomic E-state index is 12.3. The molecule has 0 saturated heterocycles. The maximum Gasteiger partial charge on any atom is 0.420 e. The molecule has 0 saturated carbocycles. The van der Waals surface area contributed by atoms with Crippen molar-refractivity contribution >= 4 is 6.09 Å². The summed E-state index contributed by atoms with van der Waals surface area (Å²) < 4.78 is 6.83. The number of imidazole rings is 1. The molecule has 0 amide bonds. The van der Waals surface area contributed by atoms with E-state index in [0.29, 0.717) is 5.82 Å². The molecule has 0 atom stereocenters. The van der Waals surface area contributed by atoms with E-state index in [1.165, 1.54) is 4.57 Å². The van der Waals surface area contributed by atoms with Crippen LogP contribution < -0.4 is 0 Å². The third-order valence-electron chi connectivity index (χ3n) is 3.26. The number of rotatable bonds is 3. The van der Waals surface area contributed by atoms with Crippen LogP contribution in [0, 0.1) is 6.92 Å². The number of aromatic nitrogens is 2. The van der Waals surface area contributed by atoms with E-state index in [1.54, 1.807) is 6.20 Å². The molecule has 0 aliphatic heterocycles. The van der Waals surface area contributed by atoms with Gasteiger partial charge in [0.05, 0.1) is 5.69 Å². The molecule has 22 heavy (non-hydrogen) atoms. The number of carbonyl (C=O) groups excluding carboxylic acids is 1. The minimum Gasteiger partial charge on any atom is -0.444 e. The van der Waals surface area contributed by atoms with Crippen molar-refractivity contribution < 1.29 is 9.53 Å². The molecule has 0 unspecified atom stereocenters. The van der Waals surface area contributed by atoms with Crippen LogP contribution in [0.25, 0.3) is 11.4 Å². The number of carbonyl (C=O) groups is 1. The lowest BCUT2D eigenvalue weighted by atomic mass is 10.2. The van der Waals surface area contributed by atoms with Gasteiger partial charge in [-0.1, -0.05) is 60.7 Å². The number of aryl methyl sites for hydroxylation is 1. The molecule has 1 aromatic heterocycles. The van der Waals surface area contributed by atoms with Crippen molar-refractivity contribution in [2.45, 2.75) is 13.5 Å². The summed E-state index contributed by atoms with van der Waals surface area (Å²) in [6, 6.07) is 19.2. The van der Waals surface area contributed by atoms with Gasteiger partial charge in [0.25, 0.3) is 0 Å². The molecule has 3 aromatic rings. The largest absolute Gasteiger partial charge is 0.444 e. The van der Waals surface area contributed by atoms with Crippen LogP contribution in [0.5, 0.6) is 0 Å². The van der Waals surface area contributed by atoms with Crippen LogP contribution in [0.15, 0.2) is 66.9 Å². The number of benzene rings is 2. The third kappa shape index (κ3) is 3.06. The molecule has 0 radical (unpaired) electrons. The Balaban J connectivity index is 1.81. The Morgan fingerprint density at radius 1 is 1.05 bits per heavy atom. The summed E-state index contributed by atoms with van der Waals surface area (Å²) in [6.07, 6.45) is 1.26. The van der Waals surface area contributed by atoms with E-state index in [9.17, 15) is 4.79 Å². The van der Waals surface area contributed by atoms with Gasteiger partial charge in [-0.3, -0.25) is 0 Å². The first-order valence-electron chi connectivity index (χ1n) is 7.06. The average molecular weight is 292 g/mol. The zero-order valence-corrected chi connectivity index (χ0v) is 12.3. The van der Waals surface area contributed by atoms with E-state index in [-0.39, 0.29) is 6.61 Å². The fourth-order valence-corrected chi connectivity index (χ4v) is 2.22. The van der Waals surface area contributed by atoms with E-state index < -0.39 is 6.09 Å².